The van der Waals surface area contributed by atoms with Gasteiger partial charge in [0, 0.05) is 32.7 Å². The van der Waals surface area contributed by atoms with Gasteiger partial charge in [-0.3, -0.25) is 9.59 Å². The fourth-order valence-corrected chi connectivity index (χ4v) is 5.07. The SMILES string of the molecule is CC[C@@H](C(=O)NC1CCCC1)N(Cc1ccc(Cl)cc1Cl)C(=O)Cc1c(Cl)cccc1Cl. The van der Waals surface area contributed by atoms with Crippen molar-refractivity contribution in [1.82, 2.24) is 10.2 Å². The van der Waals surface area contributed by atoms with Crippen LogP contribution < -0.4 is 5.32 Å². The quantitative estimate of drug-likeness (QED) is 0.424. The molecule has 0 aliphatic heterocycles. The molecule has 2 aromatic carbocycles. The third kappa shape index (κ3) is 6.32. The predicted octanol–water partition coefficient (Wildman–Crippen LogP) is 6.71. The Balaban J connectivity index is 1.89. The second-order valence-corrected chi connectivity index (χ2v) is 9.71. The Morgan fingerprint density at radius 2 is 1.69 bits per heavy atom. The molecule has 0 radical (unpaired) electrons. The van der Waals surface area contributed by atoms with Crippen LogP contribution in [0.25, 0.3) is 0 Å². The van der Waals surface area contributed by atoms with Crippen LogP contribution in [0.2, 0.25) is 20.1 Å². The number of amides is 2. The van der Waals surface area contributed by atoms with Crippen LogP contribution in [0.1, 0.15) is 50.2 Å². The van der Waals surface area contributed by atoms with Gasteiger partial charge in [0.15, 0.2) is 0 Å². The molecule has 32 heavy (non-hydrogen) atoms. The number of halogens is 4. The van der Waals surface area contributed by atoms with Gasteiger partial charge in [-0.25, -0.2) is 0 Å². The molecule has 1 N–H and O–H groups in total. The van der Waals surface area contributed by atoms with Crippen LogP contribution in [0.5, 0.6) is 0 Å². The fraction of sp³-hybridized carbons (Fsp3) is 0.417. The Kier molecular flexibility index (Phi) is 9.13. The highest BCUT2D eigenvalue weighted by Gasteiger charge is 2.31. The Hall–Kier alpha value is -1.46. The van der Waals surface area contributed by atoms with E-state index in [0.29, 0.717) is 37.6 Å². The number of carbonyl (C=O) groups is 2. The average Bonchev–Trinajstić information content (AvgIpc) is 3.25. The van der Waals surface area contributed by atoms with Gasteiger partial charge >= 0.3 is 0 Å². The van der Waals surface area contributed by atoms with E-state index in [1.807, 2.05) is 6.92 Å². The summed E-state index contributed by atoms with van der Waals surface area (Å²) in [7, 11) is 0. The second kappa shape index (κ2) is 11.6. The van der Waals surface area contributed by atoms with E-state index in [1.54, 1.807) is 41.3 Å². The Morgan fingerprint density at radius 3 is 2.28 bits per heavy atom. The van der Waals surface area contributed by atoms with Gasteiger partial charge < -0.3 is 10.2 Å². The third-order valence-electron chi connectivity index (χ3n) is 5.83. The van der Waals surface area contributed by atoms with Gasteiger partial charge in [-0.2, -0.15) is 0 Å². The van der Waals surface area contributed by atoms with Crippen LogP contribution in [-0.2, 0) is 22.6 Å². The Bertz CT molecular complexity index is 956. The molecule has 1 aliphatic carbocycles. The first-order valence-electron chi connectivity index (χ1n) is 10.8. The summed E-state index contributed by atoms with van der Waals surface area (Å²) in [5.41, 5.74) is 1.25. The number of benzene rings is 2. The van der Waals surface area contributed by atoms with Crippen molar-refractivity contribution in [2.75, 3.05) is 0 Å². The van der Waals surface area contributed by atoms with Crippen LogP contribution in [0.15, 0.2) is 36.4 Å². The van der Waals surface area contributed by atoms with Crippen LogP contribution in [0, 0.1) is 0 Å². The fourth-order valence-electron chi connectivity index (χ4n) is 4.07. The molecule has 3 rings (SSSR count). The van der Waals surface area contributed by atoms with Crippen molar-refractivity contribution in [1.29, 1.82) is 0 Å². The largest absolute Gasteiger partial charge is 0.352 e. The van der Waals surface area contributed by atoms with Crippen molar-refractivity contribution < 1.29 is 9.59 Å². The zero-order valence-electron chi connectivity index (χ0n) is 17.8. The highest BCUT2D eigenvalue weighted by Crippen LogP contribution is 2.28. The number of rotatable bonds is 8. The first kappa shape index (κ1) is 25.2. The molecule has 1 atom stereocenters. The van der Waals surface area contributed by atoms with E-state index in [2.05, 4.69) is 5.32 Å². The molecule has 0 bridgehead atoms. The molecule has 1 fully saturated rings. The minimum atomic E-state index is -0.642. The van der Waals surface area contributed by atoms with E-state index < -0.39 is 6.04 Å². The molecule has 0 unspecified atom stereocenters. The van der Waals surface area contributed by atoms with Crippen molar-refractivity contribution in [2.24, 2.45) is 0 Å². The Labute approximate surface area is 209 Å². The lowest BCUT2D eigenvalue weighted by Crippen LogP contribution is -2.51. The van der Waals surface area contributed by atoms with Gasteiger partial charge in [0.25, 0.3) is 0 Å². The van der Waals surface area contributed by atoms with Crippen molar-refractivity contribution in [3.05, 3.63) is 67.6 Å². The summed E-state index contributed by atoms with van der Waals surface area (Å²) in [6.45, 7) is 2.07. The number of nitrogens with one attached hydrogen (secondary N) is 1. The summed E-state index contributed by atoms with van der Waals surface area (Å²) >= 11 is 25.0. The molecule has 0 spiro atoms. The van der Waals surface area contributed by atoms with E-state index in [4.69, 9.17) is 46.4 Å². The normalized spacial score (nSPS) is 14.9. The van der Waals surface area contributed by atoms with Gasteiger partial charge in [0.05, 0.1) is 6.42 Å². The van der Waals surface area contributed by atoms with E-state index in [0.717, 1.165) is 25.7 Å². The minimum Gasteiger partial charge on any atom is -0.352 e. The van der Waals surface area contributed by atoms with Crippen LogP contribution in [-0.4, -0.2) is 28.8 Å². The number of hydrogen-bond acceptors (Lipinski definition) is 2. The minimum absolute atomic E-state index is 0.0169. The summed E-state index contributed by atoms with van der Waals surface area (Å²) in [6.07, 6.45) is 4.59. The molecule has 0 saturated heterocycles. The first-order valence-corrected chi connectivity index (χ1v) is 12.3. The molecule has 0 heterocycles. The lowest BCUT2D eigenvalue weighted by Gasteiger charge is -2.32. The topological polar surface area (TPSA) is 49.4 Å². The third-order valence-corrected chi connectivity index (χ3v) is 7.13. The molecule has 2 amide bonds. The van der Waals surface area contributed by atoms with E-state index in [1.165, 1.54) is 0 Å². The number of nitrogens with zero attached hydrogens (tertiary/aromatic N) is 1. The maximum atomic E-state index is 13.5. The van der Waals surface area contributed by atoms with E-state index in [9.17, 15) is 9.59 Å². The molecular weight excluding hydrogens is 490 g/mol. The van der Waals surface area contributed by atoms with Crippen molar-refractivity contribution in [3.63, 3.8) is 0 Å². The summed E-state index contributed by atoms with van der Waals surface area (Å²) in [4.78, 5) is 28.3. The lowest BCUT2D eigenvalue weighted by atomic mass is 10.1. The smallest absolute Gasteiger partial charge is 0.243 e. The second-order valence-electron chi connectivity index (χ2n) is 8.05. The monoisotopic (exact) mass is 514 g/mol. The standard InChI is InChI=1S/C24H26Cl4N2O2/c1-2-22(24(32)29-17-6-3-4-7-17)30(14-15-10-11-16(25)12-21(15)28)23(31)13-18-19(26)8-5-9-20(18)27/h5,8-12,17,22H,2-4,6-7,13-14H2,1H3,(H,29,32)/t22-/m0/s1. The van der Waals surface area contributed by atoms with Crippen LogP contribution >= 0.6 is 46.4 Å². The van der Waals surface area contributed by atoms with E-state index >= 15 is 0 Å². The summed E-state index contributed by atoms with van der Waals surface area (Å²) in [5.74, 6) is -0.400. The molecule has 2 aromatic rings. The van der Waals surface area contributed by atoms with E-state index in [-0.39, 0.29) is 30.8 Å². The molecule has 4 nitrogen and oxygen atoms in total. The van der Waals surface area contributed by atoms with Crippen LogP contribution in [0.3, 0.4) is 0 Å². The van der Waals surface area contributed by atoms with Crippen LogP contribution in [0.4, 0.5) is 0 Å². The first-order chi connectivity index (χ1) is 15.3. The van der Waals surface area contributed by atoms with Gasteiger partial charge in [-0.15, -0.1) is 0 Å². The molecule has 0 aromatic heterocycles. The number of carbonyl (C=O) groups excluding carboxylic acids is 2. The molecule has 8 heteroatoms. The van der Waals surface area contributed by atoms with Gasteiger partial charge in [0.2, 0.25) is 11.8 Å². The summed E-state index contributed by atoms with van der Waals surface area (Å²) < 4.78 is 0. The van der Waals surface area contributed by atoms with Crippen molar-refractivity contribution in [3.8, 4) is 0 Å². The molecule has 172 valence electrons. The average molecular weight is 516 g/mol. The zero-order valence-corrected chi connectivity index (χ0v) is 20.9. The van der Waals surface area contributed by atoms with Gasteiger partial charge in [-0.1, -0.05) is 78.3 Å². The maximum absolute atomic E-state index is 13.5. The molecule has 1 saturated carbocycles. The predicted molar refractivity (Wildman–Crippen MR) is 132 cm³/mol. The molecular formula is C24H26Cl4N2O2. The van der Waals surface area contributed by atoms with Crippen molar-refractivity contribution >= 4 is 58.2 Å². The molecule has 1 aliphatic rings. The summed E-state index contributed by atoms with van der Waals surface area (Å²) in [5, 5.41) is 4.90. The zero-order chi connectivity index (χ0) is 23.3. The maximum Gasteiger partial charge on any atom is 0.243 e. The van der Waals surface area contributed by atoms with Gasteiger partial charge in [0.1, 0.15) is 6.04 Å². The Morgan fingerprint density at radius 1 is 1.03 bits per heavy atom. The highest BCUT2D eigenvalue weighted by atomic mass is 35.5. The van der Waals surface area contributed by atoms with Crippen molar-refractivity contribution in [2.45, 2.75) is 64.1 Å². The lowest BCUT2D eigenvalue weighted by molar-refractivity contribution is -0.141. The highest BCUT2D eigenvalue weighted by molar-refractivity contribution is 6.36. The summed E-state index contributed by atoms with van der Waals surface area (Å²) in [6, 6.07) is 9.76. The number of hydrogen-bond donors (Lipinski definition) is 1. The van der Waals surface area contributed by atoms with Gasteiger partial charge in [-0.05, 0) is 54.7 Å².